The Balaban J connectivity index is 1.52. The molecule has 7 heteroatoms. The predicted molar refractivity (Wildman–Crippen MR) is 138 cm³/mol. The van der Waals surface area contributed by atoms with E-state index in [0.29, 0.717) is 37.4 Å². The van der Waals surface area contributed by atoms with Crippen molar-refractivity contribution in [3.63, 3.8) is 0 Å². The highest BCUT2D eigenvalue weighted by atomic mass is 32.1. The summed E-state index contributed by atoms with van der Waals surface area (Å²) in [6.45, 7) is 5.37. The van der Waals surface area contributed by atoms with Gasteiger partial charge in [-0.3, -0.25) is 9.59 Å². The molecule has 0 spiro atoms. The van der Waals surface area contributed by atoms with Crippen LogP contribution >= 0.6 is 11.3 Å². The summed E-state index contributed by atoms with van der Waals surface area (Å²) in [6, 6.07) is 18.0. The number of benzene rings is 2. The van der Waals surface area contributed by atoms with E-state index >= 15 is 0 Å². The van der Waals surface area contributed by atoms with Gasteiger partial charge >= 0.3 is 0 Å². The van der Waals surface area contributed by atoms with Gasteiger partial charge in [0.2, 0.25) is 5.91 Å². The highest BCUT2D eigenvalue weighted by Crippen LogP contribution is 2.29. The first-order chi connectivity index (χ1) is 16.6. The summed E-state index contributed by atoms with van der Waals surface area (Å²) in [7, 11) is 0. The summed E-state index contributed by atoms with van der Waals surface area (Å²) in [4.78, 5) is 29.0. The van der Waals surface area contributed by atoms with Crippen LogP contribution in [0.5, 0.6) is 0 Å². The fourth-order valence-electron chi connectivity index (χ4n) is 4.17. The molecule has 6 nitrogen and oxygen atoms in total. The van der Waals surface area contributed by atoms with Crippen molar-refractivity contribution in [2.45, 2.75) is 32.7 Å². The van der Waals surface area contributed by atoms with Crippen molar-refractivity contribution in [1.29, 1.82) is 0 Å². The number of rotatable bonds is 10. The highest BCUT2D eigenvalue weighted by molar-refractivity contribution is 7.10. The molecule has 0 saturated heterocycles. The van der Waals surface area contributed by atoms with Crippen LogP contribution in [0, 0.1) is 0 Å². The molecular formula is C27H31N3O3S. The molecule has 2 aromatic carbocycles. The Morgan fingerprint density at radius 2 is 1.94 bits per heavy atom. The molecule has 0 saturated carbocycles. The lowest BCUT2D eigenvalue weighted by molar-refractivity contribution is -0.115. The minimum absolute atomic E-state index is 0.0924. The Kier molecular flexibility index (Phi) is 8.33. The number of amides is 2. The van der Waals surface area contributed by atoms with Gasteiger partial charge in [0.05, 0.1) is 12.0 Å². The average molecular weight is 478 g/mol. The Morgan fingerprint density at radius 1 is 1.09 bits per heavy atom. The summed E-state index contributed by atoms with van der Waals surface area (Å²) >= 11 is 1.56. The van der Waals surface area contributed by atoms with Gasteiger partial charge in [0, 0.05) is 49.1 Å². The molecule has 2 heterocycles. The van der Waals surface area contributed by atoms with Crippen LogP contribution in [0.3, 0.4) is 0 Å². The Labute approximate surface area is 204 Å². The van der Waals surface area contributed by atoms with Crippen LogP contribution in [0.15, 0.2) is 60.0 Å². The summed E-state index contributed by atoms with van der Waals surface area (Å²) in [5.41, 5.74) is 4.73. The van der Waals surface area contributed by atoms with Crippen molar-refractivity contribution in [3.8, 4) is 0 Å². The SMILES string of the molecule is CCOCCCNC(=O)c1cc(NC(=O)Cc2cccs2)ccc1N1CCc2ccccc2C1. The van der Waals surface area contributed by atoms with Crippen molar-refractivity contribution in [2.24, 2.45) is 0 Å². The van der Waals surface area contributed by atoms with Gasteiger partial charge in [-0.1, -0.05) is 30.3 Å². The minimum Gasteiger partial charge on any atom is -0.382 e. The zero-order chi connectivity index (χ0) is 23.8. The number of fused-ring (bicyclic) bond motifs is 1. The van der Waals surface area contributed by atoms with Gasteiger partial charge in [-0.2, -0.15) is 0 Å². The largest absolute Gasteiger partial charge is 0.382 e. The number of thiophene rings is 1. The maximum absolute atomic E-state index is 13.2. The van der Waals surface area contributed by atoms with Gasteiger partial charge in [0.15, 0.2) is 0 Å². The van der Waals surface area contributed by atoms with Gasteiger partial charge < -0.3 is 20.3 Å². The Bertz CT molecular complexity index is 1110. The van der Waals surface area contributed by atoms with E-state index in [4.69, 9.17) is 4.74 Å². The Hall–Kier alpha value is -3.16. The van der Waals surface area contributed by atoms with Crippen LogP contribution in [0.1, 0.15) is 39.7 Å². The molecule has 0 fully saturated rings. The first-order valence-corrected chi connectivity index (χ1v) is 12.7. The average Bonchev–Trinajstić information content (AvgIpc) is 3.36. The van der Waals surface area contributed by atoms with Crippen LogP contribution in [0.25, 0.3) is 0 Å². The zero-order valence-electron chi connectivity index (χ0n) is 19.5. The zero-order valence-corrected chi connectivity index (χ0v) is 20.3. The maximum atomic E-state index is 13.2. The van der Waals surface area contributed by atoms with E-state index in [-0.39, 0.29) is 11.8 Å². The summed E-state index contributed by atoms with van der Waals surface area (Å²) < 4.78 is 5.37. The molecule has 1 aromatic heterocycles. The van der Waals surface area contributed by atoms with E-state index < -0.39 is 0 Å². The molecule has 2 N–H and O–H groups in total. The summed E-state index contributed by atoms with van der Waals surface area (Å²) in [5.74, 6) is -0.232. The van der Waals surface area contributed by atoms with Crippen LogP contribution in [-0.4, -0.2) is 38.1 Å². The second-order valence-corrected chi connectivity index (χ2v) is 9.32. The molecule has 3 aromatic rings. The molecule has 0 bridgehead atoms. The lowest BCUT2D eigenvalue weighted by atomic mass is 9.98. The summed E-state index contributed by atoms with van der Waals surface area (Å²) in [5, 5.41) is 7.93. The van der Waals surface area contributed by atoms with Gasteiger partial charge in [0.1, 0.15) is 0 Å². The maximum Gasteiger partial charge on any atom is 0.253 e. The molecule has 1 aliphatic rings. The van der Waals surface area contributed by atoms with Crippen molar-refractivity contribution < 1.29 is 14.3 Å². The number of anilines is 2. The lowest BCUT2D eigenvalue weighted by Crippen LogP contribution is -2.33. The third-order valence-corrected chi connectivity index (χ3v) is 6.74. The van der Waals surface area contributed by atoms with Crippen molar-refractivity contribution >= 4 is 34.5 Å². The minimum atomic E-state index is -0.139. The van der Waals surface area contributed by atoms with Gasteiger partial charge in [0.25, 0.3) is 5.91 Å². The number of ether oxygens (including phenoxy) is 1. The molecule has 0 atom stereocenters. The van der Waals surface area contributed by atoms with E-state index in [1.165, 1.54) is 11.1 Å². The standard InChI is InChI=1S/C27H31N3O3S/c1-2-33-15-6-13-28-27(32)24-17-22(29-26(31)18-23-9-5-16-34-23)10-11-25(24)30-14-12-20-7-3-4-8-21(20)19-30/h3-5,7-11,16-17H,2,6,12-15,18-19H2,1H3,(H,28,32)(H,29,31). The quantitative estimate of drug-likeness (QED) is 0.417. The van der Waals surface area contributed by atoms with Crippen LogP contribution in [-0.2, 0) is 28.9 Å². The molecule has 178 valence electrons. The normalized spacial score (nSPS) is 12.8. The number of carbonyl (C=O) groups excluding carboxylic acids is 2. The van der Waals surface area contributed by atoms with E-state index in [2.05, 4.69) is 39.8 Å². The first-order valence-electron chi connectivity index (χ1n) is 11.8. The van der Waals surface area contributed by atoms with Crippen molar-refractivity contribution in [2.75, 3.05) is 36.5 Å². The molecule has 0 aliphatic carbocycles. The second-order valence-electron chi connectivity index (χ2n) is 8.28. The number of nitrogens with one attached hydrogen (secondary N) is 2. The van der Waals surface area contributed by atoms with Crippen molar-refractivity contribution in [1.82, 2.24) is 5.32 Å². The highest BCUT2D eigenvalue weighted by Gasteiger charge is 2.22. The van der Waals surface area contributed by atoms with E-state index in [1.807, 2.05) is 36.6 Å². The van der Waals surface area contributed by atoms with E-state index in [9.17, 15) is 9.59 Å². The fraction of sp³-hybridized carbons (Fsp3) is 0.333. The van der Waals surface area contributed by atoms with E-state index in [0.717, 1.165) is 36.5 Å². The van der Waals surface area contributed by atoms with Crippen molar-refractivity contribution in [3.05, 3.63) is 81.5 Å². The summed E-state index contributed by atoms with van der Waals surface area (Å²) in [6.07, 6.45) is 2.01. The molecule has 34 heavy (non-hydrogen) atoms. The second kappa shape index (κ2) is 11.8. The van der Waals surface area contributed by atoms with Crippen LogP contribution in [0.4, 0.5) is 11.4 Å². The molecule has 2 amide bonds. The van der Waals surface area contributed by atoms with E-state index in [1.54, 1.807) is 17.4 Å². The van der Waals surface area contributed by atoms with Gasteiger partial charge in [-0.05, 0) is 60.5 Å². The molecular weight excluding hydrogens is 446 g/mol. The molecule has 1 aliphatic heterocycles. The monoisotopic (exact) mass is 477 g/mol. The van der Waals surface area contributed by atoms with Gasteiger partial charge in [-0.25, -0.2) is 0 Å². The predicted octanol–water partition coefficient (Wildman–Crippen LogP) is 4.65. The molecule has 4 rings (SSSR count). The fourth-order valence-corrected chi connectivity index (χ4v) is 4.87. The smallest absolute Gasteiger partial charge is 0.253 e. The molecule has 0 unspecified atom stereocenters. The number of carbonyl (C=O) groups is 2. The third-order valence-electron chi connectivity index (χ3n) is 5.87. The van der Waals surface area contributed by atoms with Crippen LogP contribution < -0.4 is 15.5 Å². The molecule has 0 radical (unpaired) electrons. The first kappa shape index (κ1) is 24.0. The topological polar surface area (TPSA) is 70.7 Å². The Morgan fingerprint density at radius 3 is 2.74 bits per heavy atom. The number of hydrogen-bond acceptors (Lipinski definition) is 5. The van der Waals surface area contributed by atoms with Gasteiger partial charge in [-0.15, -0.1) is 11.3 Å². The third kappa shape index (κ3) is 6.24. The number of nitrogens with zero attached hydrogens (tertiary/aromatic N) is 1. The van der Waals surface area contributed by atoms with Crippen LogP contribution in [0.2, 0.25) is 0 Å². The lowest BCUT2D eigenvalue weighted by Gasteiger charge is -2.32. The number of hydrogen-bond donors (Lipinski definition) is 2.